The molecule has 2 aromatic rings. The lowest BCUT2D eigenvalue weighted by atomic mass is 10.1. The van der Waals surface area contributed by atoms with Gasteiger partial charge in [-0.05, 0) is 25.8 Å². The van der Waals surface area contributed by atoms with E-state index in [1.54, 1.807) is 13.0 Å². The highest BCUT2D eigenvalue weighted by Gasteiger charge is 2.38. The van der Waals surface area contributed by atoms with Crippen molar-refractivity contribution >= 4 is 34.7 Å². The third-order valence-corrected chi connectivity index (χ3v) is 5.78. The van der Waals surface area contributed by atoms with Crippen molar-refractivity contribution < 1.29 is 27.3 Å². The van der Waals surface area contributed by atoms with Crippen molar-refractivity contribution in [1.29, 1.82) is 0 Å². The number of nitrogens with zero attached hydrogens (tertiary/aromatic N) is 3. The normalized spacial score (nSPS) is 20.0. The van der Waals surface area contributed by atoms with Crippen LogP contribution in [0.3, 0.4) is 0 Å². The molecular formula is C17H17F3N4O3S. The zero-order valence-electron chi connectivity index (χ0n) is 14.9. The van der Waals surface area contributed by atoms with Crippen molar-refractivity contribution in [2.45, 2.75) is 37.9 Å². The first-order valence-electron chi connectivity index (χ1n) is 8.74. The average Bonchev–Trinajstić information content (AvgIpc) is 3.26. The molecule has 11 heteroatoms. The molecule has 2 aliphatic rings. The van der Waals surface area contributed by atoms with Gasteiger partial charge in [-0.3, -0.25) is 9.59 Å². The first-order chi connectivity index (χ1) is 13.2. The van der Waals surface area contributed by atoms with Gasteiger partial charge in [-0.25, -0.2) is 4.98 Å². The van der Waals surface area contributed by atoms with Crippen molar-refractivity contribution in [3.8, 4) is 0 Å². The Hall–Kier alpha value is -2.30. The lowest BCUT2D eigenvalue weighted by Crippen LogP contribution is -2.49. The second-order valence-electron chi connectivity index (χ2n) is 6.94. The minimum atomic E-state index is -4.51. The Morgan fingerprint density at radius 2 is 2.14 bits per heavy atom. The SMILES string of the molecule is Cc1noc2nc(C3CC3)cc(C(=O)N3CSC[C@@H]3C(=O)NCC(F)(F)F)c12. The summed E-state index contributed by atoms with van der Waals surface area (Å²) in [5.41, 5.74) is 1.81. The van der Waals surface area contributed by atoms with Gasteiger partial charge >= 0.3 is 6.18 Å². The Morgan fingerprint density at radius 3 is 2.82 bits per heavy atom. The van der Waals surface area contributed by atoms with E-state index in [1.165, 1.54) is 16.7 Å². The second kappa shape index (κ2) is 6.94. The lowest BCUT2D eigenvalue weighted by Gasteiger charge is -2.24. The first-order valence-corrected chi connectivity index (χ1v) is 9.90. The molecule has 28 heavy (non-hydrogen) atoms. The van der Waals surface area contributed by atoms with Crippen LogP contribution in [0.4, 0.5) is 13.2 Å². The molecule has 2 aromatic heterocycles. The van der Waals surface area contributed by atoms with E-state index in [9.17, 15) is 22.8 Å². The van der Waals surface area contributed by atoms with Crippen LogP contribution in [0.25, 0.3) is 11.1 Å². The van der Waals surface area contributed by atoms with Crippen LogP contribution < -0.4 is 5.32 Å². The van der Waals surface area contributed by atoms with E-state index in [1.807, 2.05) is 5.32 Å². The summed E-state index contributed by atoms with van der Waals surface area (Å²) in [6.45, 7) is 0.262. The lowest BCUT2D eigenvalue weighted by molar-refractivity contribution is -0.140. The summed E-state index contributed by atoms with van der Waals surface area (Å²) >= 11 is 1.32. The number of carbonyl (C=O) groups excluding carboxylic acids is 2. The third-order valence-electron chi connectivity index (χ3n) is 4.77. The molecule has 1 N–H and O–H groups in total. The third kappa shape index (κ3) is 3.67. The summed E-state index contributed by atoms with van der Waals surface area (Å²) in [5.74, 6) is -0.527. The molecule has 1 atom stereocenters. The van der Waals surface area contributed by atoms with E-state index in [0.29, 0.717) is 16.6 Å². The molecule has 4 rings (SSSR count). The quantitative estimate of drug-likeness (QED) is 0.828. The number of hydrogen-bond donors (Lipinski definition) is 1. The standard InChI is InChI=1S/C17H17F3N4O3S/c1-8-13-10(4-11(9-2-3-9)22-15(13)27-23-8)16(26)24-7-28-5-12(24)14(25)21-6-17(18,19)20/h4,9,12H,2-3,5-7H2,1H3,(H,21,25)/t12-/m1/s1. The van der Waals surface area contributed by atoms with Crippen LogP contribution in [0, 0.1) is 6.92 Å². The predicted octanol–water partition coefficient (Wildman–Crippen LogP) is 2.60. The van der Waals surface area contributed by atoms with Crippen LogP contribution in [0.5, 0.6) is 0 Å². The Balaban J connectivity index is 1.63. The Bertz CT molecular complexity index is 942. The first kappa shape index (κ1) is 19.0. The molecule has 0 spiro atoms. The molecule has 2 fully saturated rings. The van der Waals surface area contributed by atoms with Gasteiger partial charge < -0.3 is 14.7 Å². The fraction of sp³-hybridized carbons (Fsp3) is 0.529. The van der Waals surface area contributed by atoms with Crippen molar-refractivity contribution in [3.05, 3.63) is 23.0 Å². The molecule has 7 nitrogen and oxygen atoms in total. The van der Waals surface area contributed by atoms with E-state index in [2.05, 4.69) is 10.1 Å². The molecule has 150 valence electrons. The molecule has 1 aliphatic carbocycles. The van der Waals surface area contributed by atoms with Gasteiger partial charge in [0, 0.05) is 17.4 Å². The highest BCUT2D eigenvalue weighted by Crippen LogP contribution is 2.41. The predicted molar refractivity (Wildman–Crippen MR) is 94.9 cm³/mol. The number of fused-ring (bicyclic) bond motifs is 1. The van der Waals surface area contributed by atoms with Gasteiger partial charge in [-0.2, -0.15) is 13.2 Å². The summed E-state index contributed by atoms with van der Waals surface area (Å²) < 4.78 is 42.5. The highest BCUT2D eigenvalue weighted by atomic mass is 32.2. The number of aryl methyl sites for hydroxylation is 1. The molecule has 3 heterocycles. The minimum Gasteiger partial charge on any atom is -0.345 e. The average molecular weight is 414 g/mol. The zero-order valence-corrected chi connectivity index (χ0v) is 15.7. The van der Waals surface area contributed by atoms with Crippen LogP contribution in [0.15, 0.2) is 10.6 Å². The molecule has 0 radical (unpaired) electrons. The van der Waals surface area contributed by atoms with E-state index in [4.69, 9.17) is 4.52 Å². The van der Waals surface area contributed by atoms with Gasteiger partial charge in [0.1, 0.15) is 12.6 Å². The summed E-state index contributed by atoms with van der Waals surface area (Å²) in [5, 5.41) is 6.22. The fourth-order valence-electron chi connectivity index (χ4n) is 3.19. The summed E-state index contributed by atoms with van der Waals surface area (Å²) in [7, 11) is 0. The summed E-state index contributed by atoms with van der Waals surface area (Å²) in [4.78, 5) is 31.2. The van der Waals surface area contributed by atoms with Gasteiger partial charge in [-0.1, -0.05) is 5.16 Å². The topological polar surface area (TPSA) is 88.3 Å². The van der Waals surface area contributed by atoms with E-state index >= 15 is 0 Å². The summed E-state index contributed by atoms with van der Waals surface area (Å²) in [6.07, 6.45) is -2.56. The van der Waals surface area contributed by atoms with Gasteiger partial charge in [-0.15, -0.1) is 11.8 Å². The number of halogens is 3. The minimum absolute atomic E-state index is 0.218. The van der Waals surface area contributed by atoms with E-state index in [-0.39, 0.29) is 23.3 Å². The number of thioether (sulfide) groups is 1. The van der Waals surface area contributed by atoms with Gasteiger partial charge in [0.15, 0.2) is 0 Å². The second-order valence-corrected chi connectivity index (χ2v) is 7.94. The van der Waals surface area contributed by atoms with Crippen molar-refractivity contribution in [2.75, 3.05) is 18.2 Å². The molecule has 0 bridgehead atoms. The van der Waals surface area contributed by atoms with Crippen LogP contribution in [-0.2, 0) is 4.79 Å². The number of rotatable bonds is 4. The van der Waals surface area contributed by atoms with Crippen LogP contribution in [-0.4, -0.2) is 57.2 Å². The number of hydrogen-bond acceptors (Lipinski definition) is 6. The van der Waals surface area contributed by atoms with Gasteiger partial charge in [0.2, 0.25) is 5.91 Å². The Labute approximate surface area is 162 Å². The highest BCUT2D eigenvalue weighted by molar-refractivity contribution is 7.99. The van der Waals surface area contributed by atoms with Gasteiger partial charge in [0.25, 0.3) is 11.6 Å². The maximum Gasteiger partial charge on any atom is 0.405 e. The van der Waals surface area contributed by atoms with Crippen LogP contribution in [0.2, 0.25) is 0 Å². The molecular weight excluding hydrogens is 397 g/mol. The van der Waals surface area contributed by atoms with E-state index < -0.39 is 30.6 Å². The monoisotopic (exact) mass is 414 g/mol. The molecule has 1 aliphatic heterocycles. The molecule has 0 unspecified atom stereocenters. The van der Waals surface area contributed by atoms with E-state index in [0.717, 1.165) is 18.5 Å². The van der Waals surface area contributed by atoms with Crippen LogP contribution >= 0.6 is 11.8 Å². The number of carbonyl (C=O) groups is 2. The Kier molecular flexibility index (Phi) is 4.72. The van der Waals surface area contributed by atoms with Crippen molar-refractivity contribution in [3.63, 3.8) is 0 Å². The Morgan fingerprint density at radius 1 is 1.39 bits per heavy atom. The van der Waals surface area contributed by atoms with Crippen molar-refractivity contribution in [2.24, 2.45) is 0 Å². The smallest absolute Gasteiger partial charge is 0.345 e. The number of pyridine rings is 1. The molecule has 1 saturated heterocycles. The summed E-state index contributed by atoms with van der Waals surface area (Å²) in [6, 6.07) is 0.729. The fourth-order valence-corrected chi connectivity index (χ4v) is 4.34. The maximum absolute atomic E-state index is 13.2. The number of nitrogens with one attached hydrogen (secondary N) is 1. The molecule has 2 amide bonds. The number of aromatic nitrogens is 2. The number of alkyl halides is 3. The number of amides is 2. The maximum atomic E-state index is 13.2. The van der Waals surface area contributed by atoms with Crippen molar-refractivity contribution in [1.82, 2.24) is 20.4 Å². The zero-order chi connectivity index (χ0) is 20.1. The van der Waals surface area contributed by atoms with Crippen LogP contribution in [0.1, 0.15) is 40.5 Å². The van der Waals surface area contributed by atoms with Gasteiger partial charge in [0.05, 0.1) is 22.5 Å². The largest absolute Gasteiger partial charge is 0.405 e. The molecule has 0 aromatic carbocycles. The molecule has 1 saturated carbocycles.